The summed E-state index contributed by atoms with van der Waals surface area (Å²) in [6.07, 6.45) is 3.17. The number of anilines is 1. The number of rotatable bonds is 3. The van der Waals surface area contributed by atoms with Gasteiger partial charge in [0.25, 0.3) is 5.56 Å². The van der Waals surface area contributed by atoms with Crippen molar-refractivity contribution in [2.45, 2.75) is 6.92 Å². The van der Waals surface area contributed by atoms with Gasteiger partial charge in [-0.25, -0.2) is 4.98 Å². The van der Waals surface area contributed by atoms with E-state index in [4.69, 9.17) is 5.11 Å². The van der Waals surface area contributed by atoms with Crippen LogP contribution in [0.25, 0.3) is 0 Å². The highest BCUT2D eigenvalue weighted by atomic mass is 16.4. The molecule has 0 aliphatic carbocycles. The van der Waals surface area contributed by atoms with Gasteiger partial charge in [0.15, 0.2) is 5.82 Å². The number of carboxylic acid groups (broad SMARTS) is 1. The maximum absolute atomic E-state index is 11.8. The van der Waals surface area contributed by atoms with E-state index in [0.717, 1.165) is 0 Å². The quantitative estimate of drug-likeness (QED) is 0.797. The number of hydrogen-bond donors (Lipinski definition) is 1. The normalized spacial score (nSPS) is 17.6. The summed E-state index contributed by atoms with van der Waals surface area (Å²) in [7, 11) is 1.67. The van der Waals surface area contributed by atoms with Crippen molar-refractivity contribution in [1.82, 2.24) is 9.55 Å². The molecule has 1 atom stereocenters. The van der Waals surface area contributed by atoms with E-state index in [1.54, 1.807) is 26.4 Å². The summed E-state index contributed by atoms with van der Waals surface area (Å²) < 4.78 is 1.47. The maximum Gasteiger partial charge on any atom is 0.306 e. The molecule has 1 unspecified atom stereocenters. The summed E-state index contributed by atoms with van der Waals surface area (Å²) in [6, 6.07) is 0. The largest absolute Gasteiger partial charge is 0.481 e. The maximum atomic E-state index is 11.8. The number of aromatic nitrogens is 2. The molecule has 0 aromatic carbocycles. The predicted octanol–water partition coefficient (Wildman–Crippen LogP) is -0.0628. The van der Waals surface area contributed by atoms with Gasteiger partial charge in [0, 0.05) is 38.4 Å². The van der Waals surface area contributed by atoms with E-state index in [1.807, 2.05) is 4.90 Å². The lowest BCUT2D eigenvalue weighted by molar-refractivity contribution is -0.143. The Hall–Kier alpha value is -1.85. The van der Waals surface area contributed by atoms with Crippen molar-refractivity contribution in [2.24, 2.45) is 18.9 Å². The minimum atomic E-state index is -0.788. The van der Waals surface area contributed by atoms with Crippen molar-refractivity contribution in [3.05, 3.63) is 22.7 Å². The highest BCUT2D eigenvalue weighted by Crippen LogP contribution is 2.26. The molecule has 6 heteroatoms. The van der Waals surface area contributed by atoms with Crippen molar-refractivity contribution < 1.29 is 9.90 Å². The Morgan fingerprint density at radius 2 is 2.24 bits per heavy atom. The van der Waals surface area contributed by atoms with E-state index < -0.39 is 5.97 Å². The zero-order chi connectivity index (χ0) is 12.6. The smallest absolute Gasteiger partial charge is 0.306 e. The number of carboxylic acids is 1. The fourth-order valence-electron chi connectivity index (χ4n) is 1.90. The second-order valence-corrected chi connectivity index (χ2v) is 4.46. The summed E-state index contributed by atoms with van der Waals surface area (Å²) >= 11 is 0. The lowest BCUT2D eigenvalue weighted by Crippen LogP contribution is -2.53. The molecule has 0 amide bonds. The van der Waals surface area contributed by atoms with Crippen molar-refractivity contribution in [3.63, 3.8) is 0 Å². The SMILES string of the molecule is CC(C(=O)O)C1CN(c2nccn(C)c2=O)C1. The van der Waals surface area contributed by atoms with Crippen LogP contribution < -0.4 is 10.5 Å². The third-order valence-corrected chi connectivity index (χ3v) is 3.30. The van der Waals surface area contributed by atoms with Gasteiger partial charge in [-0.15, -0.1) is 0 Å². The van der Waals surface area contributed by atoms with Crippen LogP contribution in [-0.2, 0) is 11.8 Å². The summed E-state index contributed by atoms with van der Waals surface area (Å²) in [5.74, 6) is -0.662. The molecule has 1 aromatic heterocycles. The molecule has 1 aliphatic rings. The van der Waals surface area contributed by atoms with E-state index in [1.165, 1.54) is 4.57 Å². The minimum absolute atomic E-state index is 0.0965. The van der Waals surface area contributed by atoms with Crippen LogP contribution in [0, 0.1) is 11.8 Å². The predicted molar refractivity (Wildman–Crippen MR) is 62.0 cm³/mol. The van der Waals surface area contributed by atoms with Gasteiger partial charge in [0.1, 0.15) is 0 Å². The number of hydrogen-bond acceptors (Lipinski definition) is 4. The van der Waals surface area contributed by atoms with Gasteiger partial charge < -0.3 is 14.6 Å². The molecule has 6 nitrogen and oxygen atoms in total. The zero-order valence-electron chi connectivity index (χ0n) is 9.83. The molecule has 0 bridgehead atoms. The van der Waals surface area contributed by atoms with Gasteiger partial charge >= 0.3 is 5.97 Å². The number of carbonyl (C=O) groups is 1. The third kappa shape index (κ3) is 2.02. The molecule has 0 radical (unpaired) electrons. The van der Waals surface area contributed by atoms with Crippen LogP contribution in [0.3, 0.4) is 0 Å². The van der Waals surface area contributed by atoms with E-state index in [9.17, 15) is 9.59 Å². The van der Waals surface area contributed by atoms with Gasteiger partial charge in [-0.2, -0.15) is 0 Å². The lowest BCUT2D eigenvalue weighted by atomic mass is 9.87. The van der Waals surface area contributed by atoms with Gasteiger partial charge in [-0.05, 0) is 0 Å². The first-order chi connectivity index (χ1) is 8.00. The molecular formula is C11H15N3O3. The zero-order valence-corrected chi connectivity index (χ0v) is 9.83. The van der Waals surface area contributed by atoms with Gasteiger partial charge in [0.05, 0.1) is 5.92 Å². The average Bonchev–Trinajstić information content (AvgIpc) is 2.21. The first-order valence-electron chi connectivity index (χ1n) is 5.50. The van der Waals surface area contributed by atoms with E-state index in [2.05, 4.69) is 4.98 Å². The summed E-state index contributed by atoms with van der Waals surface area (Å²) in [6.45, 7) is 2.86. The van der Waals surface area contributed by atoms with Crippen molar-refractivity contribution in [1.29, 1.82) is 0 Å². The van der Waals surface area contributed by atoms with Crippen LogP contribution in [0.5, 0.6) is 0 Å². The summed E-state index contributed by atoms with van der Waals surface area (Å²) in [4.78, 5) is 28.4. The number of aryl methyl sites for hydroxylation is 1. The molecule has 17 heavy (non-hydrogen) atoms. The van der Waals surface area contributed by atoms with Crippen molar-refractivity contribution in [3.8, 4) is 0 Å². The Bertz CT molecular complexity index is 491. The second kappa shape index (κ2) is 4.20. The first kappa shape index (κ1) is 11.6. The van der Waals surface area contributed by atoms with Crippen LogP contribution in [0.1, 0.15) is 6.92 Å². The molecule has 1 fully saturated rings. The van der Waals surface area contributed by atoms with Crippen molar-refractivity contribution >= 4 is 11.8 Å². The van der Waals surface area contributed by atoms with Gasteiger partial charge in [-0.1, -0.05) is 6.92 Å². The summed E-state index contributed by atoms with van der Waals surface area (Å²) in [5, 5.41) is 8.87. The Morgan fingerprint density at radius 3 is 2.82 bits per heavy atom. The number of nitrogens with zero attached hydrogens (tertiary/aromatic N) is 3. The van der Waals surface area contributed by atoms with Gasteiger partial charge in [0.2, 0.25) is 0 Å². The first-order valence-corrected chi connectivity index (χ1v) is 5.50. The fourth-order valence-corrected chi connectivity index (χ4v) is 1.90. The molecule has 1 aliphatic heterocycles. The van der Waals surface area contributed by atoms with Gasteiger partial charge in [-0.3, -0.25) is 9.59 Å². The Kier molecular flexibility index (Phi) is 2.87. The fraction of sp³-hybridized carbons (Fsp3) is 0.545. The molecule has 92 valence electrons. The monoisotopic (exact) mass is 237 g/mol. The molecule has 2 rings (SSSR count). The second-order valence-electron chi connectivity index (χ2n) is 4.46. The van der Waals surface area contributed by atoms with Crippen LogP contribution >= 0.6 is 0 Å². The van der Waals surface area contributed by atoms with E-state index >= 15 is 0 Å². The highest BCUT2D eigenvalue weighted by Gasteiger charge is 2.36. The Balaban J connectivity index is 2.07. The molecule has 2 heterocycles. The summed E-state index contributed by atoms with van der Waals surface area (Å²) in [5.41, 5.74) is -0.145. The van der Waals surface area contributed by atoms with Crippen LogP contribution in [0.4, 0.5) is 5.82 Å². The molecular weight excluding hydrogens is 222 g/mol. The molecule has 1 aromatic rings. The number of aliphatic carboxylic acids is 1. The Morgan fingerprint density at radius 1 is 1.59 bits per heavy atom. The van der Waals surface area contributed by atoms with Crippen LogP contribution in [-0.4, -0.2) is 33.7 Å². The molecule has 0 saturated carbocycles. The Labute approximate surface area is 98.5 Å². The minimum Gasteiger partial charge on any atom is -0.481 e. The lowest BCUT2D eigenvalue weighted by Gasteiger charge is -2.41. The average molecular weight is 237 g/mol. The molecule has 1 N–H and O–H groups in total. The molecule has 1 saturated heterocycles. The standard InChI is InChI=1S/C11H15N3O3/c1-7(11(16)17)8-5-14(6-8)9-10(15)13(2)4-3-12-9/h3-4,7-8H,5-6H2,1-2H3,(H,16,17). The van der Waals surface area contributed by atoms with E-state index in [-0.39, 0.29) is 17.4 Å². The highest BCUT2D eigenvalue weighted by molar-refractivity contribution is 5.70. The van der Waals surface area contributed by atoms with Crippen LogP contribution in [0.2, 0.25) is 0 Å². The molecule has 0 spiro atoms. The van der Waals surface area contributed by atoms with E-state index in [0.29, 0.717) is 18.9 Å². The topological polar surface area (TPSA) is 75.4 Å². The van der Waals surface area contributed by atoms with Crippen molar-refractivity contribution in [2.75, 3.05) is 18.0 Å². The third-order valence-electron chi connectivity index (χ3n) is 3.30. The van der Waals surface area contributed by atoms with Crippen LogP contribution in [0.15, 0.2) is 17.2 Å².